The molecule has 1 heterocycles. The van der Waals surface area contributed by atoms with Crippen LogP contribution in [0.15, 0.2) is 47.4 Å². The third-order valence-electron chi connectivity index (χ3n) is 4.49. The van der Waals surface area contributed by atoms with Crippen LogP contribution in [0, 0.1) is 13.8 Å². The second-order valence-corrected chi connectivity index (χ2v) is 7.96. The molecule has 1 aromatic heterocycles. The van der Waals surface area contributed by atoms with E-state index in [9.17, 15) is 8.42 Å². The molecule has 5 nitrogen and oxygen atoms in total. The van der Waals surface area contributed by atoms with E-state index in [0.717, 1.165) is 22.0 Å². The molecule has 3 rings (SSSR count). The molecule has 0 saturated heterocycles. The Morgan fingerprint density at radius 3 is 2.52 bits per heavy atom. The van der Waals surface area contributed by atoms with Crippen LogP contribution in [-0.4, -0.2) is 20.1 Å². The van der Waals surface area contributed by atoms with E-state index in [0.29, 0.717) is 5.75 Å². The highest BCUT2D eigenvalue weighted by atomic mass is 32.2. The van der Waals surface area contributed by atoms with Crippen molar-refractivity contribution in [3.05, 3.63) is 59.3 Å². The Kier molecular flexibility index (Phi) is 4.58. The van der Waals surface area contributed by atoms with Gasteiger partial charge >= 0.3 is 0 Å². The van der Waals surface area contributed by atoms with Crippen LogP contribution >= 0.6 is 0 Å². The minimum Gasteiger partial charge on any atom is -0.496 e. The summed E-state index contributed by atoms with van der Waals surface area (Å²) >= 11 is 0. The van der Waals surface area contributed by atoms with Crippen molar-refractivity contribution in [2.45, 2.75) is 25.3 Å². The van der Waals surface area contributed by atoms with Crippen LogP contribution in [0.5, 0.6) is 5.75 Å². The lowest BCUT2D eigenvalue weighted by Crippen LogP contribution is -2.23. The van der Waals surface area contributed by atoms with Crippen molar-refractivity contribution < 1.29 is 13.2 Å². The topological polar surface area (TPSA) is 60.3 Å². The van der Waals surface area contributed by atoms with Crippen molar-refractivity contribution in [3.63, 3.8) is 0 Å². The van der Waals surface area contributed by atoms with Crippen molar-refractivity contribution in [2.75, 3.05) is 7.11 Å². The number of rotatable bonds is 5. The molecule has 6 heteroatoms. The van der Waals surface area contributed by atoms with E-state index in [1.165, 1.54) is 5.69 Å². The van der Waals surface area contributed by atoms with Crippen LogP contribution in [-0.2, 0) is 23.6 Å². The standard InChI is InChI=1S/C19H22N2O3S/c1-13-9-17(6-8-19(13)24-4)25(22,23)20-12-15-5-7-18-16(11-15)10-14(2)21(18)3/h5-11,20H,12H2,1-4H3. The van der Waals surface area contributed by atoms with Crippen molar-refractivity contribution in [1.82, 2.24) is 9.29 Å². The van der Waals surface area contributed by atoms with E-state index in [-0.39, 0.29) is 11.4 Å². The molecule has 132 valence electrons. The zero-order chi connectivity index (χ0) is 18.2. The van der Waals surface area contributed by atoms with Crippen molar-refractivity contribution in [3.8, 4) is 5.75 Å². The zero-order valence-corrected chi connectivity index (χ0v) is 15.6. The Balaban J connectivity index is 1.81. The Labute approximate surface area is 148 Å². The van der Waals surface area contributed by atoms with Gasteiger partial charge in [-0.3, -0.25) is 0 Å². The molecule has 0 unspecified atom stereocenters. The first-order chi connectivity index (χ1) is 11.8. The number of methoxy groups -OCH3 is 1. The number of hydrogen-bond donors (Lipinski definition) is 1. The van der Waals surface area contributed by atoms with Gasteiger partial charge in [0.1, 0.15) is 5.75 Å². The quantitative estimate of drug-likeness (QED) is 0.761. The number of hydrogen-bond acceptors (Lipinski definition) is 3. The number of sulfonamides is 1. The molecule has 3 aromatic rings. The highest BCUT2D eigenvalue weighted by molar-refractivity contribution is 7.89. The van der Waals surface area contributed by atoms with E-state index >= 15 is 0 Å². The molecule has 0 amide bonds. The van der Waals surface area contributed by atoms with Gasteiger partial charge in [0.25, 0.3) is 0 Å². The highest BCUT2D eigenvalue weighted by Crippen LogP contribution is 2.22. The summed E-state index contributed by atoms with van der Waals surface area (Å²) in [5.41, 5.74) is 4.01. The van der Waals surface area contributed by atoms with Crippen LogP contribution < -0.4 is 9.46 Å². The largest absolute Gasteiger partial charge is 0.496 e. The Morgan fingerprint density at radius 2 is 1.84 bits per heavy atom. The van der Waals surface area contributed by atoms with Crippen molar-refractivity contribution >= 4 is 20.9 Å². The molecule has 0 aliphatic carbocycles. The molecular weight excluding hydrogens is 336 g/mol. The fourth-order valence-electron chi connectivity index (χ4n) is 2.93. The average Bonchev–Trinajstić information content (AvgIpc) is 2.87. The number of nitrogens with zero attached hydrogens (tertiary/aromatic N) is 1. The van der Waals surface area contributed by atoms with Gasteiger partial charge in [0.2, 0.25) is 10.0 Å². The van der Waals surface area contributed by atoms with E-state index in [1.54, 1.807) is 25.3 Å². The molecule has 0 spiro atoms. The van der Waals surface area contributed by atoms with Gasteiger partial charge in [-0.2, -0.15) is 0 Å². The summed E-state index contributed by atoms with van der Waals surface area (Å²) in [6.07, 6.45) is 0. The molecule has 25 heavy (non-hydrogen) atoms. The monoisotopic (exact) mass is 358 g/mol. The van der Waals surface area contributed by atoms with Crippen LogP contribution in [0.4, 0.5) is 0 Å². The third-order valence-corrected chi connectivity index (χ3v) is 5.89. The summed E-state index contributed by atoms with van der Waals surface area (Å²) in [6, 6.07) is 12.9. The van der Waals surface area contributed by atoms with E-state index in [4.69, 9.17) is 4.74 Å². The van der Waals surface area contributed by atoms with Gasteiger partial charge in [0, 0.05) is 30.2 Å². The predicted octanol–water partition coefficient (Wildman–Crippen LogP) is 3.28. The fraction of sp³-hybridized carbons (Fsp3) is 0.263. The second-order valence-electron chi connectivity index (χ2n) is 6.19. The molecule has 0 saturated carbocycles. The van der Waals surface area contributed by atoms with Gasteiger partial charge < -0.3 is 9.30 Å². The first-order valence-corrected chi connectivity index (χ1v) is 9.49. The normalized spacial score (nSPS) is 11.8. The molecule has 0 fully saturated rings. The highest BCUT2D eigenvalue weighted by Gasteiger charge is 2.15. The number of aryl methyl sites for hydroxylation is 3. The summed E-state index contributed by atoms with van der Waals surface area (Å²) < 4.78 is 35.0. The summed E-state index contributed by atoms with van der Waals surface area (Å²) in [5, 5.41) is 1.11. The first-order valence-electron chi connectivity index (χ1n) is 8.01. The lowest BCUT2D eigenvalue weighted by atomic mass is 10.1. The summed E-state index contributed by atoms with van der Waals surface area (Å²) in [7, 11) is 0.0126. The third kappa shape index (κ3) is 3.41. The number of ether oxygens (including phenoxy) is 1. The van der Waals surface area contributed by atoms with Crippen molar-refractivity contribution in [1.29, 1.82) is 0 Å². The van der Waals surface area contributed by atoms with Gasteiger partial charge in [-0.25, -0.2) is 13.1 Å². The number of aromatic nitrogens is 1. The Bertz CT molecular complexity index is 1040. The van der Waals surface area contributed by atoms with Gasteiger partial charge in [0.15, 0.2) is 0 Å². The molecule has 1 N–H and O–H groups in total. The van der Waals surface area contributed by atoms with Gasteiger partial charge in [-0.05, 0) is 61.4 Å². The maximum atomic E-state index is 12.5. The van der Waals surface area contributed by atoms with Crippen LogP contribution in [0.1, 0.15) is 16.8 Å². The molecular formula is C19H22N2O3S. The second kappa shape index (κ2) is 6.54. The first kappa shape index (κ1) is 17.5. The van der Waals surface area contributed by atoms with Crippen LogP contribution in [0.3, 0.4) is 0 Å². The molecule has 0 aliphatic heterocycles. The lowest BCUT2D eigenvalue weighted by Gasteiger charge is -2.10. The maximum absolute atomic E-state index is 12.5. The molecule has 0 atom stereocenters. The summed E-state index contributed by atoms with van der Waals surface area (Å²) in [6.45, 7) is 4.12. The number of fused-ring (bicyclic) bond motifs is 1. The van der Waals surface area contributed by atoms with Gasteiger partial charge in [0.05, 0.1) is 12.0 Å². The van der Waals surface area contributed by atoms with Gasteiger partial charge in [-0.15, -0.1) is 0 Å². The molecule has 2 aromatic carbocycles. The molecule has 0 aliphatic rings. The van der Waals surface area contributed by atoms with E-state index in [2.05, 4.69) is 15.4 Å². The minimum absolute atomic E-state index is 0.238. The van der Waals surface area contributed by atoms with Crippen LogP contribution in [0.25, 0.3) is 10.9 Å². The number of nitrogens with one attached hydrogen (secondary N) is 1. The lowest BCUT2D eigenvalue weighted by molar-refractivity contribution is 0.411. The molecule has 0 bridgehead atoms. The van der Waals surface area contributed by atoms with Crippen LogP contribution in [0.2, 0.25) is 0 Å². The molecule has 0 radical (unpaired) electrons. The smallest absolute Gasteiger partial charge is 0.240 e. The van der Waals surface area contributed by atoms with Crippen molar-refractivity contribution in [2.24, 2.45) is 7.05 Å². The van der Waals surface area contributed by atoms with Gasteiger partial charge in [-0.1, -0.05) is 6.07 Å². The summed E-state index contributed by atoms with van der Waals surface area (Å²) in [4.78, 5) is 0.238. The SMILES string of the molecule is COc1ccc(S(=O)(=O)NCc2ccc3c(c2)cc(C)n3C)cc1C. The Hall–Kier alpha value is -2.31. The minimum atomic E-state index is -3.57. The van der Waals surface area contributed by atoms with E-state index < -0.39 is 10.0 Å². The summed E-state index contributed by atoms with van der Waals surface area (Å²) in [5.74, 6) is 0.670. The average molecular weight is 358 g/mol. The predicted molar refractivity (Wildman–Crippen MR) is 99.4 cm³/mol. The Morgan fingerprint density at radius 1 is 1.08 bits per heavy atom. The van der Waals surface area contributed by atoms with E-state index in [1.807, 2.05) is 39.1 Å². The number of benzene rings is 2. The fourth-order valence-corrected chi connectivity index (χ4v) is 4.03. The maximum Gasteiger partial charge on any atom is 0.240 e. The zero-order valence-electron chi connectivity index (χ0n) is 14.8.